The smallest absolute Gasteiger partial charge is 0.264 e. The van der Waals surface area contributed by atoms with Gasteiger partial charge in [-0.2, -0.15) is 0 Å². The van der Waals surface area contributed by atoms with E-state index in [9.17, 15) is 4.79 Å². The third-order valence-electron chi connectivity index (χ3n) is 4.30. The van der Waals surface area contributed by atoms with Gasteiger partial charge in [0.25, 0.3) is 5.91 Å². The minimum atomic E-state index is -0.0980. The molecule has 0 spiro atoms. The zero-order valence-corrected chi connectivity index (χ0v) is 15.4. The van der Waals surface area contributed by atoms with E-state index in [-0.39, 0.29) is 12.7 Å². The van der Waals surface area contributed by atoms with E-state index in [1.165, 1.54) is 31.0 Å². The number of halogens is 1. The summed E-state index contributed by atoms with van der Waals surface area (Å²) in [5.74, 6) is 1.32. The van der Waals surface area contributed by atoms with Crippen molar-refractivity contribution in [3.05, 3.63) is 27.1 Å². The van der Waals surface area contributed by atoms with Crippen LogP contribution in [0.25, 0.3) is 6.08 Å². The fraction of sp³-hybridized carbons (Fsp3) is 0.412. The molecule has 0 aromatic heterocycles. The number of hydrogen-bond acceptors (Lipinski definition) is 5. The van der Waals surface area contributed by atoms with Gasteiger partial charge >= 0.3 is 0 Å². The number of aliphatic imine (C=N–C) groups is 1. The molecule has 1 aliphatic carbocycles. The molecule has 0 unspecified atom stereocenters. The number of fused-ring (bicyclic) bond motifs is 1. The standard InChI is InChI=1S/C17H17BrN2O3S/c18-12-8-14-13(22-9-23-14)6-10(12)7-15-16(21)20-17(24-15)19-11-4-2-1-3-5-11/h6-8,11H,1-5,9H2,(H,19,20,21)/b15-7-. The molecule has 1 saturated carbocycles. The Labute approximate surface area is 153 Å². The van der Waals surface area contributed by atoms with Crippen molar-refractivity contribution in [3.63, 3.8) is 0 Å². The second-order valence-electron chi connectivity index (χ2n) is 6.02. The third-order valence-corrected chi connectivity index (χ3v) is 5.91. The number of rotatable bonds is 2. The maximum atomic E-state index is 12.2. The van der Waals surface area contributed by atoms with Crippen molar-refractivity contribution in [1.82, 2.24) is 5.32 Å². The van der Waals surface area contributed by atoms with Gasteiger partial charge in [-0.05, 0) is 48.4 Å². The maximum absolute atomic E-state index is 12.2. The highest BCUT2D eigenvalue weighted by Crippen LogP contribution is 2.39. The molecule has 126 valence electrons. The number of amides is 1. The molecular weight excluding hydrogens is 392 g/mol. The van der Waals surface area contributed by atoms with Crippen molar-refractivity contribution in [2.45, 2.75) is 38.1 Å². The number of nitrogens with zero attached hydrogens (tertiary/aromatic N) is 1. The Morgan fingerprint density at radius 1 is 1.21 bits per heavy atom. The van der Waals surface area contributed by atoms with Crippen LogP contribution in [0.4, 0.5) is 0 Å². The molecule has 4 rings (SSSR count). The summed E-state index contributed by atoms with van der Waals surface area (Å²) in [5.41, 5.74) is 0.885. The highest BCUT2D eigenvalue weighted by molar-refractivity contribution is 9.10. The molecule has 1 aromatic rings. The number of nitrogens with one attached hydrogen (secondary N) is 1. The lowest BCUT2D eigenvalue weighted by molar-refractivity contribution is -0.115. The predicted octanol–water partition coefficient (Wildman–Crippen LogP) is 4.07. The summed E-state index contributed by atoms with van der Waals surface area (Å²) in [5, 5.41) is 3.60. The van der Waals surface area contributed by atoms with E-state index in [1.807, 2.05) is 18.2 Å². The number of thioether (sulfide) groups is 1. The average Bonchev–Trinajstić information content (AvgIpc) is 3.15. The fourth-order valence-corrected chi connectivity index (χ4v) is 4.37. The molecule has 1 amide bonds. The Balaban J connectivity index is 1.55. The second kappa shape index (κ2) is 6.80. The Hall–Kier alpha value is -1.47. The van der Waals surface area contributed by atoms with Gasteiger partial charge in [-0.3, -0.25) is 9.79 Å². The van der Waals surface area contributed by atoms with Gasteiger partial charge in [-0.25, -0.2) is 0 Å². The summed E-state index contributed by atoms with van der Waals surface area (Å²) in [6.45, 7) is 0.231. The van der Waals surface area contributed by atoms with E-state index in [0.717, 1.165) is 28.0 Å². The molecule has 2 fully saturated rings. The minimum absolute atomic E-state index is 0.0980. The molecular formula is C17H17BrN2O3S. The van der Waals surface area contributed by atoms with Crippen molar-refractivity contribution in [1.29, 1.82) is 0 Å². The van der Waals surface area contributed by atoms with Crippen LogP contribution in [0.2, 0.25) is 0 Å². The molecule has 3 aliphatic rings. The van der Waals surface area contributed by atoms with Crippen LogP contribution >= 0.6 is 27.7 Å². The lowest BCUT2D eigenvalue weighted by Crippen LogP contribution is -2.22. The van der Waals surface area contributed by atoms with Crippen molar-refractivity contribution in [2.75, 3.05) is 6.79 Å². The van der Waals surface area contributed by atoms with E-state index in [1.54, 1.807) is 0 Å². The molecule has 1 saturated heterocycles. The van der Waals surface area contributed by atoms with Gasteiger partial charge < -0.3 is 14.8 Å². The van der Waals surface area contributed by atoms with Gasteiger partial charge in [0.2, 0.25) is 6.79 Å². The quantitative estimate of drug-likeness (QED) is 0.749. The van der Waals surface area contributed by atoms with Gasteiger partial charge in [-0.15, -0.1) is 0 Å². The molecule has 1 aromatic carbocycles. The zero-order valence-electron chi connectivity index (χ0n) is 13.0. The first kappa shape index (κ1) is 16.0. The summed E-state index contributed by atoms with van der Waals surface area (Å²) in [7, 11) is 0. The van der Waals surface area contributed by atoms with Crippen LogP contribution in [0.1, 0.15) is 37.7 Å². The summed E-state index contributed by atoms with van der Waals surface area (Å²) < 4.78 is 11.6. The number of carbonyl (C=O) groups excluding carboxylic acids is 1. The van der Waals surface area contributed by atoms with Gasteiger partial charge in [0, 0.05) is 4.47 Å². The van der Waals surface area contributed by atoms with E-state index in [2.05, 4.69) is 21.2 Å². The van der Waals surface area contributed by atoms with Crippen LogP contribution in [0.15, 0.2) is 26.5 Å². The van der Waals surface area contributed by atoms with Crippen molar-refractivity contribution in [2.24, 2.45) is 4.99 Å². The number of benzene rings is 1. The number of amidine groups is 1. The number of carbonyl (C=O) groups is 1. The molecule has 24 heavy (non-hydrogen) atoms. The summed E-state index contributed by atoms with van der Waals surface area (Å²) in [6.07, 6.45) is 7.85. The van der Waals surface area contributed by atoms with E-state index in [0.29, 0.717) is 22.4 Å². The lowest BCUT2D eigenvalue weighted by Gasteiger charge is -2.17. The zero-order chi connectivity index (χ0) is 16.5. The largest absolute Gasteiger partial charge is 0.454 e. The molecule has 0 radical (unpaired) electrons. The highest BCUT2D eigenvalue weighted by Gasteiger charge is 2.26. The van der Waals surface area contributed by atoms with Crippen LogP contribution in [0, 0.1) is 0 Å². The van der Waals surface area contributed by atoms with Gasteiger partial charge in [0.05, 0.1) is 10.9 Å². The molecule has 0 bridgehead atoms. The molecule has 7 heteroatoms. The van der Waals surface area contributed by atoms with Crippen LogP contribution < -0.4 is 14.8 Å². The lowest BCUT2D eigenvalue weighted by atomic mass is 9.96. The summed E-state index contributed by atoms with van der Waals surface area (Å²) in [4.78, 5) is 17.6. The van der Waals surface area contributed by atoms with E-state index in [4.69, 9.17) is 14.5 Å². The summed E-state index contributed by atoms with van der Waals surface area (Å²) >= 11 is 4.93. The molecule has 0 atom stereocenters. The van der Waals surface area contributed by atoms with Gasteiger partial charge in [0.1, 0.15) is 0 Å². The van der Waals surface area contributed by atoms with E-state index >= 15 is 0 Å². The highest BCUT2D eigenvalue weighted by atomic mass is 79.9. The van der Waals surface area contributed by atoms with Crippen molar-refractivity contribution >= 4 is 44.8 Å². The van der Waals surface area contributed by atoms with Crippen molar-refractivity contribution < 1.29 is 14.3 Å². The monoisotopic (exact) mass is 408 g/mol. The van der Waals surface area contributed by atoms with Gasteiger partial charge in [0.15, 0.2) is 16.7 Å². The Bertz CT molecular complexity index is 742. The topological polar surface area (TPSA) is 59.9 Å². The Morgan fingerprint density at radius 3 is 2.75 bits per heavy atom. The molecule has 2 heterocycles. The summed E-state index contributed by atoms with van der Waals surface area (Å²) in [6, 6.07) is 4.09. The fourth-order valence-electron chi connectivity index (χ4n) is 3.05. The predicted molar refractivity (Wildman–Crippen MR) is 98.3 cm³/mol. The number of hydrogen-bond donors (Lipinski definition) is 1. The first-order valence-corrected chi connectivity index (χ1v) is 9.68. The third kappa shape index (κ3) is 3.32. The van der Waals surface area contributed by atoms with Crippen LogP contribution in [0.3, 0.4) is 0 Å². The van der Waals surface area contributed by atoms with Crippen LogP contribution in [0.5, 0.6) is 11.5 Å². The first-order chi connectivity index (χ1) is 11.7. The minimum Gasteiger partial charge on any atom is -0.454 e. The molecule has 2 aliphatic heterocycles. The molecule has 1 N–H and O–H groups in total. The first-order valence-electron chi connectivity index (χ1n) is 8.07. The number of ether oxygens (including phenoxy) is 2. The molecule has 5 nitrogen and oxygen atoms in total. The Kier molecular flexibility index (Phi) is 4.54. The SMILES string of the molecule is O=C1NC(=NC2CCCCC2)S/C1=C\c1cc2c(cc1Br)OCO2. The van der Waals surface area contributed by atoms with Crippen LogP contribution in [-0.4, -0.2) is 23.9 Å². The normalized spacial score (nSPS) is 24.0. The Morgan fingerprint density at radius 2 is 1.96 bits per heavy atom. The van der Waals surface area contributed by atoms with Crippen molar-refractivity contribution in [3.8, 4) is 11.5 Å². The van der Waals surface area contributed by atoms with Gasteiger partial charge in [-0.1, -0.05) is 35.2 Å². The second-order valence-corrected chi connectivity index (χ2v) is 7.90. The average molecular weight is 409 g/mol. The van der Waals surface area contributed by atoms with Crippen LogP contribution in [-0.2, 0) is 4.79 Å². The maximum Gasteiger partial charge on any atom is 0.264 e. The van der Waals surface area contributed by atoms with E-state index < -0.39 is 0 Å².